The Hall–Kier alpha value is -1.32. The van der Waals surface area contributed by atoms with E-state index in [0.29, 0.717) is 0 Å². The summed E-state index contributed by atoms with van der Waals surface area (Å²) in [6.45, 7) is 6.00. The normalized spacial score (nSPS) is 10.8. The molecule has 1 aromatic carbocycles. The number of aryl methyl sites for hydroxylation is 1. The summed E-state index contributed by atoms with van der Waals surface area (Å²) in [5, 5.41) is 8.51. The summed E-state index contributed by atoms with van der Waals surface area (Å²) < 4.78 is 1.90. The van der Waals surface area contributed by atoms with Gasteiger partial charge in [-0.15, -0.1) is 0 Å². The number of benzene rings is 1. The van der Waals surface area contributed by atoms with Crippen molar-refractivity contribution in [3.8, 4) is 5.69 Å². The molecule has 0 bridgehead atoms. The summed E-state index contributed by atoms with van der Waals surface area (Å²) in [4.78, 5) is 0. The Kier molecular flexibility index (Phi) is 4.39. The highest BCUT2D eigenvalue weighted by Gasteiger charge is 2.06. The van der Waals surface area contributed by atoms with Gasteiger partial charge in [0.05, 0.1) is 11.9 Å². The Morgan fingerprint density at radius 1 is 1.39 bits per heavy atom. The van der Waals surface area contributed by atoms with Crippen molar-refractivity contribution in [2.24, 2.45) is 0 Å². The van der Waals surface area contributed by atoms with Crippen molar-refractivity contribution in [1.82, 2.24) is 15.1 Å². The highest BCUT2D eigenvalue weighted by atomic mass is 35.5. The number of hydrogen-bond acceptors (Lipinski definition) is 2. The quantitative estimate of drug-likeness (QED) is 0.839. The van der Waals surface area contributed by atoms with Crippen molar-refractivity contribution in [3.63, 3.8) is 0 Å². The second kappa shape index (κ2) is 6.03. The third kappa shape index (κ3) is 3.12. The predicted octanol–water partition coefficient (Wildman–Crippen LogP) is 3.33. The van der Waals surface area contributed by atoms with Gasteiger partial charge in [0.15, 0.2) is 0 Å². The molecule has 0 amide bonds. The molecule has 1 aromatic heterocycles. The number of halogens is 1. The third-order valence-electron chi connectivity index (χ3n) is 2.74. The first kappa shape index (κ1) is 13.1. The van der Waals surface area contributed by atoms with Gasteiger partial charge >= 0.3 is 0 Å². The molecule has 4 heteroatoms. The number of aromatic nitrogens is 2. The van der Waals surface area contributed by atoms with Crippen molar-refractivity contribution in [1.29, 1.82) is 0 Å². The fraction of sp³-hybridized carbons (Fsp3) is 0.357. The molecule has 96 valence electrons. The predicted molar refractivity (Wildman–Crippen MR) is 75.3 cm³/mol. The molecule has 0 aliphatic rings. The maximum atomic E-state index is 6.06. The van der Waals surface area contributed by atoms with Crippen LogP contribution in [0.15, 0.2) is 30.6 Å². The number of nitrogens with zero attached hydrogens (tertiary/aromatic N) is 2. The van der Waals surface area contributed by atoms with E-state index in [1.165, 1.54) is 5.56 Å². The monoisotopic (exact) mass is 263 g/mol. The van der Waals surface area contributed by atoms with Crippen LogP contribution in [0, 0.1) is 6.92 Å². The Morgan fingerprint density at radius 2 is 2.22 bits per heavy atom. The zero-order valence-corrected chi connectivity index (χ0v) is 11.5. The molecule has 18 heavy (non-hydrogen) atoms. The third-order valence-corrected chi connectivity index (χ3v) is 2.98. The standard InChI is InChI=1S/C14H18ClN3/c1-3-6-16-9-12-7-13(15)4-5-14(12)18-10-11(2)8-17-18/h4-5,7-8,10,16H,3,6,9H2,1-2H3. The molecule has 0 aliphatic heterocycles. The van der Waals surface area contributed by atoms with Crippen LogP contribution >= 0.6 is 11.6 Å². The van der Waals surface area contributed by atoms with Crippen LogP contribution in [-0.4, -0.2) is 16.3 Å². The number of rotatable bonds is 5. The first-order valence-corrected chi connectivity index (χ1v) is 6.59. The van der Waals surface area contributed by atoms with E-state index in [1.807, 2.05) is 42.2 Å². The van der Waals surface area contributed by atoms with Crippen LogP contribution in [0.25, 0.3) is 5.69 Å². The molecule has 0 aliphatic carbocycles. The van der Waals surface area contributed by atoms with Gasteiger partial charge in [0.1, 0.15) is 0 Å². The van der Waals surface area contributed by atoms with Gasteiger partial charge in [-0.2, -0.15) is 5.10 Å². The molecule has 0 saturated heterocycles. The lowest BCUT2D eigenvalue weighted by atomic mass is 10.1. The minimum atomic E-state index is 0.760. The maximum absolute atomic E-state index is 6.06. The first-order valence-electron chi connectivity index (χ1n) is 6.21. The summed E-state index contributed by atoms with van der Waals surface area (Å²) >= 11 is 6.06. The molecule has 1 N–H and O–H groups in total. The van der Waals surface area contributed by atoms with Gasteiger partial charge in [-0.25, -0.2) is 4.68 Å². The number of hydrogen-bond donors (Lipinski definition) is 1. The van der Waals surface area contributed by atoms with Crippen molar-refractivity contribution < 1.29 is 0 Å². The van der Waals surface area contributed by atoms with Gasteiger partial charge in [-0.05, 0) is 49.2 Å². The summed E-state index contributed by atoms with van der Waals surface area (Å²) in [6, 6.07) is 5.91. The van der Waals surface area contributed by atoms with E-state index in [9.17, 15) is 0 Å². The topological polar surface area (TPSA) is 29.9 Å². The molecule has 3 nitrogen and oxygen atoms in total. The second-order valence-corrected chi connectivity index (χ2v) is 4.85. The van der Waals surface area contributed by atoms with E-state index < -0.39 is 0 Å². The summed E-state index contributed by atoms with van der Waals surface area (Å²) in [5.41, 5.74) is 3.40. The van der Waals surface area contributed by atoms with Crippen LogP contribution in [-0.2, 0) is 6.54 Å². The fourth-order valence-corrected chi connectivity index (χ4v) is 2.06. The molecule has 0 fully saturated rings. The highest BCUT2D eigenvalue weighted by molar-refractivity contribution is 6.30. The minimum Gasteiger partial charge on any atom is -0.313 e. The maximum Gasteiger partial charge on any atom is 0.0691 e. The van der Waals surface area contributed by atoms with Crippen molar-refractivity contribution in [2.45, 2.75) is 26.8 Å². The summed E-state index contributed by atoms with van der Waals surface area (Å²) in [7, 11) is 0. The molecule has 2 rings (SSSR count). The van der Waals surface area contributed by atoms with Gasteiger partial charge in [0.2, 0.25) is 0 Å². The lowest BCUT2D eigenvalue weighted by Gasteiger charge is -2.11. The Balaban J connectivity index is 2.28. The smallest absolute Gasteiger partial charge is 0.0691 e. The fourth-order valence-electron chi connectivity index (χ4n) is 1.86. The molecular weight excluding hydrogens is 246 g/mol. The van der Waals surface area contributed by atoms with Gasteiger partial charge in [0, 0.05) is 17.8 Å². The SMILES string of the molecule is CCCNCc1cc(Cl)ccc1-n1cc(C)cn1. The molecule has 0 atom stereocenters. The highest BCUT2D eigenvalue weighted by Crippen LogP contribution is 2.19. The second-order valence-electron chi connectivity index (χ2n) is 4.41. The van der Waals surface area contributed by atoms with E-state index >= 15 is 0 Å². The molecule has 0 saturated carbocycles. The van der Waals surface area contributed by atoms with Crippen molar-refractivity contribution >= 4 is 11.6 Å². The van der Waals surface area contributed by atoms with Crippen LogP contribution < -0.4 is 5.32 Å². The van der Waals surface area contributed by atoms with Gasteiger partial charge in [0.25, 0.3) is 0 Å². The van der Waals surface area contributed by atoms with Crippen LogP contribution in [0.5, 0.6) is 0 Å². The molecule has 0 radical (unpaired) electrons. The van der Waals surface area contributed by atoms with E-state index in [-0.39, 0.29) is 0 Å². The van der Waals surface area contributed by atoms with Crippen LogP contribution in [0.4, 0.5) is 0 Å². The minimum absolute atomic E-state index is 0.760. The van der Waals surface area contributed by atoms with Crippen LogP contribution in [0.1, 0.15) is 24.5 Å². The van der Waals surface area contributed by atoms with Crippen molar-refractivity contribution in [2.75, 3.05) is 6.54 Å². The van der Waals surface area contributed by atoms with Gasteiger partial charge in [-0.1, -0.05) is 18.5 Å². The Morgan fingerprint density at radius 3 is 2.89 bits per heavy atom. The lowest BCUT2D eigenvalue weighted by Crippen LogP contribution is -2.15. The van der Waals surface area contributed by atoms with E-state index in [2.05, 4.69) is 17.3 Å². The molecule has 0 unspecified atom stereocenters. The lowest BCUT2D eigenvalue weighted by molar-refractivity contribution is 0.670. The first-order chi connectivity index (χ1) is 8.70. The Bertz CT molecular complexity index is 520. The van der Waals surface area contributed by atoms with Crippen LogP contribution in [0.2, 0.25) is 5.02 Å². The van der Waals surface area contributed by atoms with Crippen LogP contribution in [0.3, 0.4) is 0 Å². The summed E-state index contributed by atoms with van der Waals surface area (Å²) in [5.74, 6) is 0. The average molecular weight is 264 g/mol. The average Bonchev–Trinajstić information content (AvgIpc) is 2.76. The van der Waals surface area contributed by atoms with E-state index in [0.717, 1.165) is 35.8 Å². The molecular formula is C14H18ClN3. The molecule has 0 spiro atoms. The van der Waals surface area contributed by atoms with Gasteiger partial charge in [-0.3, -0.25) is 0 Å². The van der Waals surface area contributed by atoms with E-state index in [1.54, 1.807) is 0 Å². The van der Waals surface area contributed by atoms with Gasteiger partial charge < -0.3 is 5.32 Å². The zero-order chi connectivity index (χ0) is 13.0. The molecule has 2 aromatic rings. The van der Waals surface area contributed by atoms with Crippen molar-refractivity contribution in [3.05, 3.63) is 46.7 Å². The molecule has 1 heterocycles. The summed E-state index contributed by atoms with van der Waals surface area (Å²) in [6.07, 6.45) is 5.00. The van der Waals surface area contributed by atoms with E-state index in [4.69, 9.17) is 11.6 Å². The largest absolute Gasteiger partial charge is 0.313 e. The number of nitrogens with one attached hydrogen (secondary N) is 1. The Labute approximate surface area is 113 Å². The zero-order valence-electron chi connectivity index (χ0n) is 10.8.